The van der Waals surface area contributed by atoms with E-state index in [1.54, 1.807) is 6.07 Å². The Kier molecular flexibility index (Phi) is 5.50. The molecule has 1 N–H and O–H groups in total. The molecule has 1 atom stereocenters. The van der Waals surface area contributed by atoms with Gasteiger partial charge in [0.05, 0.1) is 21.9 Å². The minimum absolute atomic E-state index is 0.183. The number of hydrogen-bond donors (Lipinski definition) is 1. The van der Waals surface area contributed by atoms with E-state index < -0.39 is 0 Å². The van der Waals surface area contributed by atoms with Crippen LogP contribution in [-0.2, 0) is 0 Å². The van der Waals surface area contributed by atoms with E-state index in [1.165, 1.54) is 43.9 Å². The molecule has 1 saturated carbocycles. The first-order chi connectivity index (χ1) is 13.0. The Morgan fingerprint density at radius 2 is 2.00 bits per heavy atom. The van der Waals surface area contributed by atoms with E-state index in [0.29, 0.717) is 20.5 Å². The van der Waals surface area contributed by atoms with E-state index in [-0.39, 0.29) is 5.75 Å². The Balaban J connectivity index is 1.47. The molecule has 1 aliphatic carbocycles. The van der Waals surface area contributed by atoms with Gasteiger partial charge in [0.1, 0.15) is 10.8 Å². The maximum Gasteiger partial charge on any atom is 0.150 e. The van der Waals surface area contributed by atoms with E-state index in [2.05, 4.69) is 16.8 Å². The second kappa shape index (κ2) is 7.73. The highest BCUT2D eigenvalue weighted by atomic mass is 35.5. The number of benzene rings is 1. The number of piperidine rings is 1. The van der Waals surface area contributed by atoms with Crippen LogP contribution in [0.4, 0.5) is 5.69 Å². The van der Waals surface area contributed by atoms with Gasteiger partial charge in [0.2, 0.25) is 0 Å². The number of nitrogens with zero attached hydrogens (tertiary/aromatic N) is 2. The second-order valence-corrected chi connectivity index (χ2v) is 9.63. The van der Waals surface area contributed by atoms with Crippen LogP contribution >= 0.6 is 35.0 Å². The van der Waals surface area contributed by atoms with E-state index in [4.69, 9.17) is 23.2 Å². The second-order valence-electron chi connectivity index (χ2n) is 7.81. The lowest BCUT2D eigenvalue weighted by molar-refractivity contribution is 0.162. The molecule has 1 saturated heterocycles. The van der Waals surface area contributed by atoms with Crippen LogP contribution in [0.2, 0.25) is 10.0 Å². The van der Waals surface area contributed by atoms with Crippen LogP contribution in [0.1, 0.15) is 39.0 Å². The normalized spacial score (nSPS) is 21.7. The predicted molar refractivity (Wildman–Crippen MR) is 113 cm³/mol. The van der Waals surface area contributed by atoms with Gasteiger partial charge in [-0.05, 0) is 42.7 Å². The molecule has 27 heavy (non-hydrogen) atoms. The zero-order valence-electron chi connectivity index (χ0n) is 15.4. The van der Waals surface area contributed by atoms with E-state index in [9.17, 15) is 5.11 Å². The molecule has 6 heteroatoms. The molecule has 2 heterocycles. The summed E-state index contributed by atoms with van der Waals surface area (Å²) in [7, 11) is 0. The minimum atomic E-state index is 0.183. The van der Waals surface area contributed by atoms with Crippen molar-refractivity contribution in [1.29, 1.82) is 0 Å². The number of aromatic nitrogens is 1. The maximum atomic E-state index is 10.5. The summed E-state index contributed by atoms with van der Waals surface area (Å²) >= 11 is 13.7. The van der Waals surface area contributed by atoms with Crippen LogP contribution in [0, 0.1) is 11.3 Å². The standard InChI is InChI=1S/C21H24Cl2N2OS/c1-14-4-3-7-21(14)8-10-25(11-9-21)15-12-17(26)20(24-13-15)27-18-6-2-5-16(22)19(18)23/h2,5-6,12-14,26H,3-4,7-11H2,1H3/t14-/m1/s1. The molecule has 0 bridgehead atoms. The van der Waals surface area contributed by atoms with Gasteiger partial charge in [-0.15, -0.1) is 0 Å². The molecule has 0 amide bonds. The van der Waals surface area contributed by atoms with Gasteiger partial charge in [-0.3, -0.25) is 0 Å². The molecule has 1 aromatic heterocycles. The summed E-state index contributed by atoms with van der Waals surface area (Å²) < 4.78 is 0. The molecule has 3 nitrogen and oxygen atoms in total. The molecule has 2 aromatic rings. The summed E-state index contributed by atoms with van der Waals surface area (Å²) in [4.78, 5) is 7.63. The topological polar surface area (TPSA) is 36.4 Å². The summed E-state index contributed by atoms with van der Waals surface area (Å²) in [6.07, 6.45) is 8.47. The number of aromatic hydroxyl groups is 1. The lowest BCUT2D eigenvalue weighted by atomic mass is 9.71. The number of halogens is 2. The summed E-state index contributed by atoms with van der Waals surface area (Å²) in [5.74, 6) is 1.02. The third-order valence-electron chi connectivity index (χ3n) is 6.42. The van der Waals surface area contributed by atoms with Crippen LogP contribution in [0.3, 0.4) is 0 Å². The Bertz CT molecular complexity index is 837. The van der Waals surface area contributed by atoms with Crippen molar-refractivity contribution in [2.24, 2.45) is 11.3 Å². The third-order valence-corrected chi connectivity index (χ3v) is 8.42. The van der Waals surface area contributed by atoms with Gasteiger partial charge < -0.3 is 10.0 Å². The van der Waals surface area contributed by atoms with E-state index in [1.807, 2.05) is 24.4 Å². The first-order valence-electron chi connectivity index (χ1n) is 9.54. The maximum absolute atomic E-state index is 10.5. The first-order valence-corrected chi connectivity index (χ1v) is 11.1. The molecule has 4 rings (SSSR count). The Hall–Kier alpha value is -1.10. The SMILES string of the molecule is C[C@@H]1CCCC12CCN(c1cnc(Sc3cccc(Cl)c3Cl)c(O)c1)CC2. The summed E-state index contributed by atoms with van der Waals surface area (Å²) in [6.45, 7) is 4.50. The van der Waals surface area contributed by atoms with Crippen molar-refractivity contribution >= 4 is 40.7 Å². The fourth-order valence-corrected chi connectivity index (χ4v) is 5.91. The molecular formula is C21H24Cl2N2OS. The lowest BCUT2D eigenvalue weighted by Gasteiger charge is -2.43. The fraction of sp³-hybridized carbons (Fsp3) is 0.476. The van der Waals surface area contributed by atoms with Crippen molar-refractivity contribution in [3.8, 4) is 5.75 Å². The van der Waals surface area contributed by atoms with Gasteiger partial charge >= 0.3 is 0 Å². The van der Waals surface area contributed by atoms with Crippen LogP contribution < -0.4 is 4.90 Å². The average molecular weight is 423 g/mol. The number of rotatable bonds is 3. The minimum Gasteiger partial charge on any atom is -0.505 e. The monoisotopic (exact) mass is 422 g/mol. The van der Waals surface area contributed by atoms with Crippen molar-refractivity contribution in [2.45, 2.75) is 48.9 Å². The highest BCUT2D eigenvalue weighted by molar-refractivity contribution is 7.99. The Morgan fingerprint density at radius 3 is 2.67 bits per heavy atom. The lowest BCUT2D eigenvalue weighted by Crippen LogP contribution is -2.41. The van der Waals surface area contributed by atoms with Crippen molar-refractivity contribution in [3.05, 3.63) is 40.5 Å². The largest absolute Gasteiger partial charge is 0.505 e. The van der Waals surface area contributed by atoms with E-state index >= 15 is 0 Å². The van der Waals surface area contributed by atoms with Crippen LogP contribution in [-0.4, -0.2) is 23.2 Å². The molecule has 1 aliphatic heterocycles. The van der Waals surface area contributed by atoms with Crippen molar-refractivity contribution in [1.82, 2.24) is 4.98 Å². The van der Waals surface area contributed by atoms with Gasteiger partial charge in [-0.25, -0.2) is 4.98 Å². The number of hydrogen-bond acceptors (Lipinski definition) is 4. The first kappa shape index (κ1) is 19.2. The Labute approximate surface area is 175 Å². The van der Waals surface area contributed by atoms with Gasteiger partial charge in [0, 0.05) is 24.1 Å². The van der Waals surface area contributed by atoms with Crippen molar-refractivity contribution in [2.75, 3.05) is 18.0 Å². The molecule has 0 unspecified atom stereocenters. The molecule has 0 radical (unpaired) electrons. The van der Waals surface area contributed by atoms with Crippen LogP contribution in [0.25, 0.3) is 0 Å². The smallest absolute Gasteiger partial charge is 0.150 e. The van der Waals surface area contributed by atoms with Gasteiger partial charge in [0.15, 0.2) is 0 Å². The van der Waals surface area contributed by atoms with Crippen LogP contribution in [0.15, 0.2) is 40.4 Å². The zero-order chi connectivity index (χ0) is 19.0. The summed E-state index contributed by atoms with van der Waals surface area (Å²) in [6, 6.07) is 7.29. The highest BCUT2D eigenvalue weighted by Gasteiger charge is 2.42. The molecule has 144 valence electrons. The third kappa shape index (κ3) is 3.76. The van der Waals surface area contributed by atoms with Crippen LogP contribution in [0.5, 0.6) is 5.75 Å². The summed E-state index contributed by atoms with van der Waals surface area (Å²) in [5, 5.41) is 12.0. The average Bonchev–Trinajstić information content (AvgIpc) is 3.01. The molecule has 2 aliphatic rings. The number of pyridine rings is 1. The van der Waals surface area contributed by atoms with Crippen molar-refractivity contribution in [3.63, 3.8) is 0 Å². The zero-order valence-corrected chi connectivity index (χ0v) is 17.7. The quantitative estimate of drug-likeness (QED) is 0.600. The predicted octanol–water partition coefficient (Wildman–Crippen LogP) is 6.65. The van der Waals surface area contributed by atoms with Gasteiger partial charge in [0.25, 0.3) is 0 Å². The molecular weight excluding hydrogens is 399 g/mol. The number of anilines is 1. The Morgan fingerprint density at radius 1 is 1.22 bits per heavy atom. The fourth-order valence-electron chi connectivity index (χ4n) is 4.61. The highest BCUT2D eigenvalue weighted by Crippen LogP contribution is 2.50. The van der Waals surface area contributed by atoms with Gasteiger partial charge in [-0.2, -0.15) is 0 Å². The molecule has 1 aromatic carbocycles. The van der Waals surface area contributed by atoms with Gasteiger partial charge in [-0.1, -0.05) is 60.8 Å². The molecule has 2 fully saturated rings. The van der Waals surface area contributed by atoms with E-state index in [0.717, 1.165) is 29.6 Å². The summed E-state index contributed by atoms with van der Waals surface area (Å²) in [5.41, 5.74) is 1.54. The molecule has 1 spiro atoms. The van der Waals surface area contributed by atoms with Crippen molar-refractivity contribution < 1.29 is 5.11 Å².